The van der Waals surface area contributed by atoms with Gasteiger partial charge in [-0.1, -0.05) is 30.0 Å². The summed E-state index contributed by atoms with van der Waals surface area (Å²) in [5, 5.41) is 10.3. The van der Waals surface area contributed by atoms with Gasteiger partial charge >= 0.3 is 6.18 Å². The van der Waals surface area contributed by atoms with E-state index in [-0.39, 0.29) is 23.6 Å². The molecule has 206 valence electrons. The number of pyridine rings is 1. The zero-order valence-corrected chi connectivity index (χ0v) is 23.1. The summed E-state index contributed by atoms with van der Waals surface area (Å²) in [5.41, 5.74) is 2.33. The predicted molar refractivity (Wildman–Crippen MR) is 147 cm³/mol. The monoisotopic (exact) mass is 577 g/mol. The summed E-state index contributed by atoms with van der Waals surface area (Å²) in [6.45, 7) is 4.66. The van der Waals surface area contributed by atoms with Crippen LogP contribution in [-0.2, 0) is 18.6 Å². The normalized spacial score (nSPS) is 20.7. The zero-order valence-electron chi connectivity index (χ0n) is 21.5. The molecule has 6 rings (SSSR count). The molecule has 2 aromatic carbocycles. The average molecular weight is 578 g/mol. The van der Waals surface area contributed by atoms with Gasteiger partial charge in [-0.25, -0.2) is 4.39 Å². The van der Waals surface area contributed by atoms with Crippen LogP contribution in [0.4, 0.5) is 17.6 Å². The Hall–Kier alpha value is -2.69. The lowest BCUT2D eigenvalue weighted by atomic mass is 9.94. The highest BCUT2D eigenvalue weighted by molar-refractivity contribution is 7.99. The van der Waals surface area contributed by atoms with Gasteiger partial charge in [0.1, 0.15) is 11.3 Å². The fourth-order valence-corrected chi connectivity index (χ4v) is 6.63. The van der Waals surface area contributed by atoms with Crippen molar-refractivity contribution in [3.63, 3.8) is 0 Å². The zero-order chi connectivity index (χ0) is 26.7. The van der Waals surface area contributed by atoms with Gasteiger partial charge in [0.15, 0.2) is 11.0 Å². The minimum atomic E-state index is -4.30. The molecule has 0 bridgehead atoms. The molecule has 0 amide bonds. The van der Waals surface area contributed by atoms with Crippen molar-refractivity contribution in [3.05, 3.63) is 71.2 Å². The van der Waals surface area contributed by atoms with Crippen molar-refractivity contribution < 1.29 is 17.6 Å². The Bertz CT molecular complexity index is 1510. The highest BCUT2D eigenvalue weighted by Gasteiger charge is 2.60. The van der Waals surface area contributed by atoms with E-state index in [1.807, 2.05) is 30.7 Å². The molecule has 1 saturated carbocycles. The molecule has 2 aliphatic rings. The number of halogens is 5. The maximum atomic E-state index is 14.4. The molecule has 2 aromatic heterocycles. The third-order valence-electron chi connectivity index (χ3n) is 7.88. The minimum absolute atomic E-state index is 0. The highest BCUT2D eigenvalue weighted by Crippen LogP contribution is 2.59. The van der Waals surface area contributed by atoms with Crippen LogP contribution in [0.5, 0.6) is 0 Å². The Kier molecular flexibility index (Phi) is 7.41. The fourth-order valence-electron chi connectivity index (χ4n) is 5.80. The average Bonchev–Trinajstić information content (AvgIpc) is 3.27. The third-order valence-corrected chi connectivity index (χ3v) is 8.98. The molecule has 4 aromatic rings. The number of benzene rings is 2. The van der Waals surface area contributed by atoms with E-state index >= 15 is 0 Å². The number of hydrogen-bond acceptors (Lipinski definition) is 5. The van der Waals surface area contributed by atoms with Crippen LogP contribution in [0.15, 0.2) is 53.7 Å². The lowest BCUT2D eigenvalue weighted by Gasteiger charge is -2.21. The Morgan fingerprint density at radius 1 is 1.05 bits per heavy atom. The van der Waals surface area contributed by atoms with E-state index < -0.39 is 11.7 Å². The van der Waals surface area contributed by atoms with Crippen LogP contribution in [-0.4, -0.2) is 50.0 Å². The number of alkyl halides is 3. The number of thioether (sulfide) groups is 1. The molecular weight excluding hydrogens is 550 g/mol. The molecule has 39 heavy (non-hydrogen) atoms. The largest absolute Gasteiger partial charge is 0.416 e. The lowest BCUT2D eigenvalue weighted by Crippen LogP contribution is -2.28. The van der Waals surface area contributed by atoms with Crippen molar-refractivity contribution in [1.29, 1.82) is 0 Å². The van der Waals surface area contributed by atoms with Gasteiger partial charge in [-0.05, 0) is 68.1 Å². The first-order valence-corrected chi connectivity index (χ1v) is 13.6. The number of aromatic nitrogens is 4. The molecule has 1 aliphatic heterocycles. The molecule has 11 heteroatoms. The van der Waals surface area contributed by atoms with Crippen LogP contribution in [0.2, 0.25) is 0 Å². The quantitative estimate of drug-likeness (QED) is 0.139. The summed E-state index contributed by atoms with van der Waals surface area (Å²) < 4.78 is 55.1. The standard InChI is InChI=1S/C28H27F4N5S.ClH/c1-17-4-9-21-22(10-11-23(29)24(21)33-17)25-34-35-26(36(25)2)38-13-3-12-37-15-20-14-27(20,16-37)18-5-7-19(8-6-18)28(30,31)32;/h4-11,20H,3,12-16H2,1-2H3;1H. The molecule has 3 heterocycles. The van der Waals surface area contributed by atoms with Crippen molar-refractivity contribution >= 4 is 35.1 Å². The molecule has 0 N–H and O–H groups in total. The number of fused-ring (bicyclic) bond motifs is 2. The molecule has 1 saturated heterocycles. The molecular formula is C28H28ClF4N5S. The lowest BCUT2D eigenvalue weighted by molar-refractivity contribution is -0.137. The smallest absolute Gasteiger partial charge is 0.305 e. The number of nitrogens with zero attached hydrogens (tertiary/aromatic N) is 5. The SMILES string of the molecule is Cc1ccc2c(-c3nnc(SCCCN4CC5CC5(c5ccc(C(F)(F)F)cc5)C4)n3C)ccc(F)c2n1.Cl. The second kappa shape index (κ2) is 10.4. The van der Waals surface area contributed by atoms with Gasteiger partial charge in [0.25, 0.3) is 0 Å². The number of aryl methyl sites for hydroxylation is 1. The number of likely N-dealkylation sites (tertiary alicyclic amines) is 1. The summed E-state index contributed by atoms with van der Waals surface area (Å²) >= 11 is 1.63. The highest BCUT2D eigenvalue weighted by atomic mass is 35.5. The molecule has 2 fully saturated rings. The van der Waals surface area contributed by atoms with Crippen LogP contribution >= 0.6 is 24.2 Å². The Balaban J connectivity index is 0.00000308. The maximum Gasteiger partial charge on any atom is 0.416 e. The maximum absolute atomic E-state index is 14.4. The number of hydrogen-bond donors (Lipinski definition) is 0. The predicted octanol–water partition coefficient (Wildman–Crippen LogP) is 6.67. The molecule has 5 nitrogen and oxygen atoms in total. The van der Waals surface area contributed by atoms with Crippen LogP contribution in [0.25, 0.3) is 22.3 Å². The molecule has 0 radical (unpaired) electrons. The first-order valence-electron chi connectivity index (χ1n) is 12.6. The topological polar surface area (TPSA) is 46.8 Å². The first kappa shape index (κ1) is 27.9. The van der Waals surface area contributed by atoms with Crippen LogP contribution in [0, 0.1) is 18.7 Å². The van der Waals surface area contributed by atoms with E-state index in [2.05, 4.69) is 20.1 Å². The van der Waals surface area contributed by atoms with Gasteiger partial charge in [0, 0.05) is 47.9 Å². The summed E-state index contributed by atoms with van der Waals surface area (Å²) in [7, 11) is 1.91. The molecule has 2 unspecified atom stereocenters. The van der Waals surface area contributed by atoms with E-state index in [1.54, 1.807) is 30.0 Å². The second-order valence-electron chi connectivity index (χ2n) is 10.4. The molecule has 2 atom stereocenters. The van der Waals surface area contributed by atoms with Gasteiger partial charge in [0.2, 0.25) is 0 Å². The summed E-state index contributed by atoms with van der Waals surface area (Å²) in [6.07, 6.45) is -2.28. The van der Waals surface area contributed by atoms with Crippen LogP contribution in [0.3, 0.4) is 0 Å². The van der Waals surface area contributed by atoms with E-state index in [4.69, 9.17) is 0 Å². The Morgan fingerprint density at radius 2 is 1.82 bits per heavy atom. The van der Waals surface area contributed by atoms with Gasteiger partial charge in [-0.15, -0.1) is 22.6 Å². The Morgan fingerprint density at radius 3 is 2.56 bits per heavy atom. The van der Waals surface area contributed by atoms with Gasteiger partial charge in [-0.2, -0.15) is 13.2 Å². The summed E-state index contributed by atoms with van der Waals surface area (Å²) in [5.74, 6) is 1.70. The molecule has 0 spiro atoms. The van der Waals surface area contributed by atoms with Crippen molar-refractivity contribution in [2.75, 3.05) is 25.4 Å². The summed E-state index contributed by atoms with van der Waals surface area (Å²) in [6, 6.07) is 12.6. The second-order valence-corrected chi connectivity index (χ2v) is 11.4. The minimum Gasteiger partial charge on any atom is -0.305 e. The van der Waals surface area contributed by atoms with E-state index in [9.17, 15) is 17.6 Å². The van der Waals surface area contributed by atoms with Crippen molar-refractivity contribution in [1.82, 2.24) is 24.6 Å². The van der Waals surface area contributed by atoms with E-state index in [1.165, 1.54) is 18.2 Å². The summed E-state index contributed by atoms with van der Waals surface area (Å²) in [4.78, 5) is 6.78. The van der Waals surface area contributed by atoms with E-state index in [0.29, 0.717) is 22.6 Å². The van der Waals surface area contributed by atoms with Gasteiger partial charge in [0.05, 0.1) is 5.56 Å². The van der Waals surface area contributed by atoms with Gasteiger partial charge < -0.3 is 9.47 Å². The van der Waals surface area contributed by atoms with Crippen molar-refractivity contribution in [2.45, 2.75) is 36.5 Å². The fraction of sp³-hybridized carbons (Fsp3) is 0.393. The van der Waals surface area contributed by atoms with E-state index in [0.717, 1.165) is 60.2 Å². The Labute approximate surface area is 234 Å². The first-order chi connectivity index (χ1) is 18.2. The van der Waals surface area contributed by atoms with Crippen molar-refractivity contribution in [2.24, 2.45) is 13.0 Å². The molecule has 1 aliphatic carbocycles. The van der Waals surface area contributed by atoms with Crippen LogP contribution < -0.4 is 0 Å². The third kappa shape index (κ3) is 5.14. The van der Waals surface area contributed by atoms with Gasteiger partial charge in [-0.3, -0.25) is 4.98 Å². The number of rotatable bonds is 7. The van der Waals surface area contributed by atoms with Crippen LogP contribution in [0.1, 0.15) is 29.7 Å². The van der Waals surface area contributed by atoms with Crippen molar-refractivity contribution in [3.8, 4) is 11.4 Å². The number of piperidine rings is 1.